The van der Waals surface area contributed by atoms with E-state index in [2.05, 4.69) is 10.0 Å². The second-order valence-electron chi connectivity index (χ2n) is 4.80. The summed E-state index contributed by atoms with van der Waals surface area (Å²) in [5, 5.41) is 3.21. The Morgan fingerprint density at radius 3 is 2.43 bits per heavy atom. The van der Waals surface area contributed by atoms with Crippen molar-refractivity contribution in [3.63, 3.8) is 0 Å². The Labute approximate surface area is 140 Å². The van der Waals surface area contributed by atoms with Crippen molar-refractivity contribution in [2.45, 2.75) is 0 Å². The molecule has 2 N–H and O–H groups in total. The largest absolute Gasteiger partial charge is 0.321 e. The minimum Gasteiger partial charge on any atom is -0.321 e. The first-order valence-corrected chi connectivity index (χ1v) is 8.92. The van der Waals surface area contributed by atoms with Gasteiger partial charge in [0, 0.05) is 11.1 Å². The van der Waals surface area contributed by atoms with E-state index in [0.29, 0.717) is 16.4 Å². The Bertz CT molecular complexity index is 848. The minimum atomic E-state index is -3.43. The second kappa shape index (κ2) is 7.30. The van der Waals surface area contributed by atoms with Gasteiger partial charge in [-0.2, -0.15) is 0 Å². The number of halogens is 1. The van der Waals surface area contributed by atoms with Crippen LogP contribution in [0.2, 0.25) is 5.02 Å². The van der Waals surface area contributed by atoms with Crippen molar-refractivity contribution in [2.75, 3.05) is 16.3 Å². The van der Waals surface area contributed by atoms with Gasteiger partial charge in [-0.1, -0.05) is 35.9 Å². The summed E-state index contributed by atoms with van der Waals surface area (Å²) in [6, 6.07) is 13.6. The van der Waals surface area contributed by atoms with E-state index in [0.717, 1.165) is 11.8 Å². The fraction of sp³-hybridized carbons (Fsp3) is 0.0625. The van der Waals surface area contributed by atoms with Crippen LogP contribution in [0.4, 0.5) is 11.4 Å². The first-order valence-electron chi connectivity index (χ1n) is 6.65. The number of rotatable bonds is 5. The van der Waals surface area contributed by atoms with Gasteiger partial charge in [-0.15, -0.1) is 0 Å². The van der Waals surface area contributed by atoms with Gasteiger partial charge in [-0.3, -0.25) is 9.52 Å². The molecule has 0 aliphatic carbocycles. The Morgan fingerprint density at radius 1 is 1.09 bits per heavy atom. The Kier molecular flexibility index (Phi) is 5.41. The van der Waals surface area contributed by atoms with Gasteiger partial charge in [0.15, 0.2) is 0 Å². The molecule has 0 fully saturated rings. The average molecular weight is 351 g/mol. The molecule has 2 aromatic rings. The molecule has 0 aliphatic rings. The molecule has 0 aliphatic heterocycles. The third-order valence-corrected chi connectivity index (χ3v) is 3.58. The van der Waals surface area contributed by atoms with Crippen LogP contribution in [0, 0.1) is 0 Å². The van der Waals surface area contributed by atoms with E-state index in [4.69, 9.17) is 11.6 Å². The lowest BCUT2D eigenvalue weighted by Crippen LogP contribution is -2.14. The number of amides is 1. The maximum absolute atomic E-state index is 12.0. The quantitative estimate of drug-likeness (QED) is 0.812. The van der Waals surface area contributed by atoms with Crippen LogP contribution >= 0.6 is 11.6 Å². The molecule has 0 aromatic heterocycles. The highest BCUT2D eigenvalue weighted by Gasteiger charge is 2.08. The van der Waals surface area contributed by atoms with Gasteiger partial charge in [0.1, 0.15) is 0 Å². The molecule has 0 atom stereocenters. The summed E-state index contributed by atoms with van der Waals surface area (Å²) in [6.45, 7) is 0. The molecule has 0 bridgehead atoms. The molecule has 2 aromatic carbocycles. The van der Waals surface area contributed by atoms with E-state index in [1.54, 1.807) is 48.5 Å². The van der Waals surface area contributed by atoms with Crippen molar-refractivity contribution in [3.8, 4) is 0 Å². The van der Waals surface area contributed by atoms with Gasteiger partial charge in [0.2, 0.25) is 15.9 Å². The lowest BCUT2D eigenvalue weighted by Gasteiger charge is -2.10. The van der Waals surface area contributed by atoms with Crippen molar-refractivity contribution in [2.24, 2.45) is 0 Å². The summed E-state index contributed by atoms with van der Waals surface area (Å²) >= 11 is 5.87. The van der Waals surface area contributed by atoms with Crippen LogP contribution in [0.1, 0.15) is 5.56 Å². The average Bonchev–Trinajstić information content (AvgIpc) is 2.46. The Balaban J connectivity index is 2.11. The number of hydrogen-bond donors (Lipinski definition) is 2. The normalized spacial score (nSPS) is 11.4. The predicted molar refractivity (Wildman–Crippen MR) is 94.0 cm³/mol. The maximum atomic E-state index is 12.0. The molecule has 120 valence electrons. The van der Waals surface area contributed by atoms with Gasteiger partial charge in [0.05, 0.1) is 17.6 Å². The van der Waals surface area contributed by atoms with Crippen molar-refractivity contribution >= 4 is 45.0 Å². The fourth-order valence-electron chi connectivity index (χ4n) is 1.84. The van der Waals surface area contributed by atoms with E-state index in [9.17, 15) is 13.2 Å². The summed E-state index contributed by atoms with van der Waals surface area (Å²) in [5.74, 6) is -0.382. The SMILES string of the molecule is CS(=O)(=O)Nc1ccccc1NC(=O)/C=C/c1cccc(Cl)c1. The molecule has 5 nitrogen and oxygen atoms in total. The highest BCUT2D eigenvalue weighted by atomic mass is 35.5. The number of sulfonamides is 1. The van der Waals surface area contributed by atoms with E-state index in [1.807, 2.05) is 6.07 Å². The van der Waals surface area contributed by atoms with Crippen molar-refractivity contribution in [3.05, 3.63) is 65.2 Å². The van der Waals surface area contributed by atoms with Crippen LogP contribution < -0.4 is 10.0 Å². The van der Waals surface area contributed by atoms with Crippen LogP contribution in [0.25, 0.3) is 6.08 Å². The molecule has 2 rings (SSSR count). The summed E-state index contributed by atoms with van der Waals surface area (Å²) in [6.07, 6.45) is 4.02. The number of para-hydroxylation sites is 2. The van der Waals surface area contributed by atoms with Crippen molar-refractivity contribution < 1.29 is 13.2 Å². The zero-order valence-corrected chi connectivity index (χ0v) is 13.9. The molecule has 0 unspecified atom stereocenters. The summed E-state index contributed by atoms with van der Waals surface area (Å²) < 4.78 is 25.0. The number of hydrogen-bond acceptors (Lipinski definition) is 3. The van der Waals surface area contributed by atoms with Gasteiger partial charge in [-0.25, -0.2) is 8.42 Å². The highest BCUT2D eigenvalue weighted by molar-refractivity contribution is 7.92. The molecule has 0 heterocycles. The fourth-order valence-corrected chi connectivity index (χ4v) is 2.61. The monoisotopic (exact) mass is 350 g/mol. The van der Waals surface area contributed by atoms with Crippen molar-refractivity contribution in [1.82, 2.24) is 0 Å². The zero-order chi connectivity index (χ0) is 16.9. The zero-order valence-electron chi connectivity index (χ0n) is 12.3. The maximum Gasteiger partial charge on any atom is 0.248 e. The molecule has 7 heteroatoms. The van der Waals surface area contributed by atoms with Gasteiger partial charge in [0.25, 0.3) is 0 Å². The summed E-state index contributed by atoms with van der Waals surface area (Å²) in [4.78, 5) is 12.0. The van der Waals surface area contributed by atoms with Crippen LogP contribution in [-0.4, -0.2) is 20.6 Å². The lowest BCUT2D eigenvalue weighted by molar-refractivity contribution is -0.111. The number of carbonyl (C=O) groups excluding carboxylic acids is 1. The van der Waals surface area contributed by atoms with E-state index < -0.39 is 10.0 Å². The molecule has 1 amide bonds. The van der Waals surface area contributed by atoms with Gasteiger partial charge in [-0.05, 0) is 35.9 Å². The Morgan fingerprint density at radius 2 is 1.78 bits per heavy atom. The Hall–Kier alpha value is -2.31. The van der Waals surface area contributed by atoms with Crippen LogP contribution in [-0.2, 0) is 14.8 Å². The van der Waals surface area contributed by atoms with Crippen molar-refractivity contribution in [1.29, 1.82) is 0 Å². The lowest BCUT2D eigenvalue weighted by atomic mass is 10.2. The van der Waals surface area contributed by atoms with Gasteiger partial charge >= 0.3 is 0 Å². The molecule has 0 saturated heterocycles. The molecular formula is C16H15ClN2O3S. The number of anilines is 2. The van der Waals surface area contributed by atoms with Gasteiger partial charge < -0.3 is 5.32 Å². The third-order valence-electron chi connectivity index (χ3n) is 2.76. The van der Waals surface area contributed by atoms with E-state index >= 15 is 0 Å². The number of nitrogens with one attached hydrogen (secondary N) is 2. The van der Waals surface area contributed by atoms with Crippen LogP contribution in [0.3, 0.4) is 0 Å². The number of benzene rings is 2. The topological polar surface area (TPSA) is 75.3 Å². The summed E-state index contributed by atoms with van der Waals surface area (Å²) in [7, 11) is -3.43. The van der Waals surface area contributed by atoms with E-state index in [1.165, 1.54) is 6.08 Å². The standard InChI is InChI=1S/C16H15ClN2O3S/c1-23(21,22)19-15-8-3-2-7-14(15)18-16(20)10-9-12-5-4-6-13(17)11-12/h2-11,19H,1H3,(H,18,20)/b10-9+. The first kappa shape index (κ1) is 17.1. The summed E-state index contributed by atoms with van der Waals surface area (Å²) in [5.41, 5.74) is 1.47. The molecule has 0 spiro atoms. The predicted octanol–water partition coefficient (Wildman–Crippen LogP) is 3.36. The van der Waals surface area contributed by atoms with Crippen LogP contribution in [0.15, 0.2) is 54.6 Å². The minimum absolute atomic E-state index is 0.305. The second-order valence-corrected chi connectivity index (χ2v) is 6.98. The molecular weight excluding hydrogens is 336 g/mol. The van der Waals surface area contributed by atoms with E-state index in [-0.39, 0.29) is 5.91 Å². The van der Waals surface area contributed by atoms with Crippen LogP contribution in [0.5, 0.6) is 0 Å². The first-order chi connectivity index (χ1) is 10.8. The molecule has 23 heavy (non-hydrogen) atoms. The molecule has 0 saturated carbocycles. The smallest absolute Gasteiger partial charge is 0.248 e. The molecule has 0 radical (unpaired) electrons. The third kappa shape index (κ3) is 5.77. The highest BCUT2D eigenvalue weighted by Crippen LogP contribution is 2.22. The number of carbonyl (C=O) groups is 1.